The monoisotopic (exact) mass is 375 g/mol. The quantitative estimate of drug-likeness (QED) is 0.693. The molecule has 0 spiro atoms. The Morgan fingerprint density at radius 3 is 2.57 bits per heavy atom. The van der Waals surface area contributed by atoms with Gasteiger partial charge in [0, 0.05) is 23.0 Å². The number of imide groups is 1. The first-order valence-electron chi connectivity index (χ1n) is 9.35. The number of benzene rings is 2. The summed E-state index contributed by atoms with van der Waals surface area (Å²) in [6.45, 7) is 3.98. The summed E-state index contributed by atoms with van der Waals surface area (Å²) in [5, 5.41) is 1.11. The van der Waals surface area contributed by atoms with Gasteiger partial charge in [0.15, 0.2) is 0 Å². The van der Waals surface area contributed by atoms with Crippen LogP contribution in [0, 0.1) is 0 Å². The van der Waals surface area contributed by atoms with Gasteiger partial charge in [-0.25, -0.2) is 9.69 Å². The molecule has 1 atom stereocenters. The molecule has 2 aromatic carbocycles. The van der Waals surface area contributed by atoms with Crippen LogP contribution in [0.3, 0.4) is 0 Å². The molecule has 1 aromatic heterocycles. The van der Waals surface area contributed by atoms with Crippen molar-refractivity contribution in [3.63, 3.8) is 0 Å². The fourth-order valence-corrected chi connectivity index (χ4v) is 4.69. The molecule has 1 N–H and O–H groups in total. The average Bonchev–Trinajstić information content (AvgIpc) is 3.19. The minimum Gasteiger partial charge on any atom is -0.495 e. The fraction of sp³-hybridized carbons (Fsp3) is 0.273. The van der Waals surface area contributed by atoms with Gasteiger partial charge in [0.25, 0.3) is 5.91 Å². The predicted molar refractivity (Wildman–Crippen MR) is 107 cm³/mol. The maximum atomic E-state index is 13.4. The van der Waals surface area contributed by atoms with Crippen LogP contribution < -0.4 is 9.64 Å². The first-order chi connectivity index (χ1) is 13.4. The van der Waals surface area contributed by atoms with Crippen molar-refractivity contribution in [2.24, 2.45) is 0 Å². The van der Waals surface area contributed by atoms with Gasteiger partial charge in [0.1, 0.15) is 11.8 Å². The van der Waals surface area contributed by atoms with Crippen LogP contribution >= 0.6 is 0 Å². The summed E-state index contributed by atoms with van der Waals surface area (Å²) < 4.78 is 5.39. The van der Waals surface area contributed by atoms with Gasteiger partial charge in [-0.2, -0.15) is 0 Å². The number of H-pyrrole nitrogens is 1. The van der Waals surface area contributed by atoms with Gasteiger partial charge in [0.2, 0.25) is 0 Å². The van der Waals surface area contributed by atoms with E-state index in [0.29, 0.717) is 17.9 Å². The number of nitrogens with one attached hydrogen (secondary N) is 1. The largest absolute Gasteiger partial charge is 0.495 e. The topological polar surface area (TPSA) is 65.6 Å². The number of anilines is 1. The predicted octanol–water partition coefficient (Wildman–Crippen LogP) is 3.81. The smallest absolute Gasteiger partial charge is 0.333 e. The number of para-hydroxylation sites is 3. The highest BCUT2D eigenvalue weighted by atomic mass is 16.5. The molecule has 3 amide bonds. The third-order valence-corrected chi connectivity index (χ3v) is 5.97. The molecule has 1 saturated heterocycles. The number of aromatic amines is 1. The zero-order chi connectivity index (χ0) is 19.6. The summed E-state index contributed by atoms with van der Waals surface area (Å²) in [5.41, 5.74) is 2.99. The Labute approximate surface area is 162 Å². The molecule has 1 fully saturated rings. The number of nitrogens with zero attached hydrogens (tertiary/aromatic N) is 2. The van der Waals surface area contributed by atoms with Crippen LogP contribution in [0.2, 0.25) is 0 Å². The minimum atomic E-state index is -0.638. The van der Waals surface area contributed by atoms with Crippen molar-refractivity contribution in [3.05, 3.63) is 59.8 Å². The molecule has 0 aliphatic carbocycles. The Balaban J connectivity index is 1.66. The number of methoxy groups -OCH3 is 1. The number of amides is 3. The molecule has 0 bridgehead atoms. The summed E-state index contributed by atoms with van der Waals surface area (Å²) >= 11 is 0. The lowest BCUT2D eigenvalue weighted by Crippen LogP contribution is -2.52. The standard InChI is InChI=1S/C22H21N3O3/c1-22(2)19-14(13-8-4-5-9-15(13)23-19)12-17-20(26)24(21(27)25(17)22)16-10-6-7-11-18(16)28-3/h4-11,17,23H,12H2,1-3H3. The summed E-state index contributed by atoms with van der Waals surface area (Å²) in [4.78, 5) is 33.2. The molecular weight excluding hydrogens is 354 g/mol. The second kappa shape index (κ2) is 5.61. The van der Waals surface area contributed by atoms with Gasteiger partial charge >= 0.3 is 6.03 Å². The average molecular weight is 375 g/mol. The fourth-order valence-electron chi connectivity index (χ4n) is 4.69. The maximum Gasteiger partial charge on any atom is 0.333 e. The molecule has 142 valence electrons. The second-order valence-electron chi connectivity index (χ2n) is 7.80. The van der Waals surface area contributed by atoms with Gasteiger partial charge in [0.05, 0.1) is 18.3 Å². The second-order valence-corrected chi connectivity index (χ2v) is 7.80. The first kappa shape index (κ1) is 16.9. The highest BCUT2D eigenvalue weighted by Gasteiger charge is 2.56. The van der Waals surface area contributed by atoms with Crippen molar-refractivity contribution in [1.29, 1.82) is 0 Å². The number of urea groups is 1. The highest BCUT2D eigenvalue weighted by Crippen LogP contribution is 2.46. The van der Waals surface area contributed by atoms with Crippen LogP contribution in [0.5, 0.6) is 5.75 Å². The summed E-state index contributed by atoms with van der Waals surface area (Å²) in [6.07, 6.45) is 0.499. The molecule has 0 radical (unpaired) electrons. The van der Waals surface area contributed by atoms with Gasteiger partial charge < -0.3 is 14.6 Å². The molecular formula is C22H21N3O3. The molecule has 2 aliphatic heterocycles. The van der Waals surface area contributed by atoms with Crippen molar-refractivity contribution in [2.75, 3.05) is 12.0 Å². The summed E-state index contributed by atoms with van der Waals surface area (Å²) in [7, 11) is 1.54. The van der Waals surface area contributed by atoms with Crippen molar-refractivity contribution in [1.82, 2.24) is 9.88 Å². The molecule has 6 nitrogen and oxygen atoms in total. The van der Waals surface area contributed by atoms with Gasteiger partial charge in [-0.05, 0) is 37.6 Å². The minimum absolute atomic E-state index is 0.210. The Kier molecular flexibility index (Phi) is 3.38. The van der Waals surface area contributed by atoms with E-state index in [0.717, 1.165) is 22.2 Å². The van der Waals surface area contributed by atoms with E-state index >= 15 is 0 Å². The Morgan fingerprint density at radius 2 is 1.79 bits per heavy atom. The normalized spacial score (nSPS) is 20.5. The molecule has 28 heavy (non-hydrogen) atoms. The van der Waals surface area contributed by atoms with E-state index < -0.39 is 11.6 Å². The van der Waals surface area contributed by atoms with Gasteiger partial charge in [-0.3, -0.25) is 4.79 Å². The lowest BCUT2D eigenvalue weighted by molar-refractivity contribution is -0.121. The maximum absolute atomic E-state index is 13.4. The van der Waals surface area contributed by atoms with Gasteiger partial charge in [-0.1, -0.05) is 30.3 Å². The van der Waals surface area contributed by atoms with Crippen LogP contribution in [0.25, 0.3) is 10.9 Å². The SMILES string of the molecule is COc1ccccc1N1C(=O)C2Cc3c([nH]c4ccccc34)C(C)(C)N2C1=O. The Hall–Kier alpha value is -3.28. The van der Waals surface area contributed by atoms with Crippen LogP contribution in [0.4, 0.5) is 10.5 Å². The number of rotatable bonds is 2. The lowest BCUT2D eigenvalue weighted by Gasteiger charge is -2.42. The van der Waals surface area contributed by atoms with Gasteiger partial charge in [-0.15, -0.1) is 0 Å². The van der Waals surface area contributed by atoms with Crippen molar-refractivity contribution < 1.29 is 14.3 Å². The van der Waals surface area contributed by atoms with Crippen molar-refractivity contribution in [3.8, 4) is 5.75 Å². The van der Waals surface area contributed by atoms with Crippen molar-refractivity contribution in [2.45, 2.75) is 31.8 Å². The number of aromatic nitrogens is 1. The van der Waals surface area contributed by atoms with E-state index in [-0.39, 0.29) is 11.9 Å². The number of carbonyl (C=O) groups is 2. The van der Waals surface area contributed by atoms with E-state index in [1.165, 1.54) is 12.0 Å². The zero-order valence-electron chi connectivity index (χ0n) is 16.0. The molecule has 0 saturated carbocycles. The molecule has 6 heteroatoms. The number of ether oxygens (including phenoxy) is 1. The summed E-state index contributed by atoms with van der Waals surface area (Å²) in [5.74, 6) is 0.296. The van der Waals surface area contributed by atoms with Crippen molar-refractivity contribution >= 4 is 28.5 Å². The first-order valence-corrected chi connectivity index (χ1v) is 9.35. The van der Waals surface area contributed by atoms with Crippen LogP contribution in [-0.2, 0) is 16.8 Å². The third-order valence-electron chi connectivity index (χ3n) is 5.97. The van der Waals surface area contributed by atoms with E-state index in [1.807, 2.05) is 38.1 Å². The highest BCUT2D eigenvalue weighted by molar-refractivity contribution is 6.22. The molecule has 3 heterocycles. The number of carbonyl (C=O) groups excluding carboxylic acids is 2. The van der Waals surface area contributed by atoms with Crippen LogP contribution in [0.15, 0.2) is 48.5 Å². The van der Waals surface area contributed by atoms with E-state index in [4.69, 9.17) is 4.74 Å². The molecule has 5 rings (SSSR count). The van der Waals surface area contributed by atoms with Crippen LogP contribution in [0.1, 0.15) is 25.1 Å². The van der Waals surface area contributed by atoms with E-state index in [9.17, 15) is 9.59 Å². The van der Waals surface area contributed by atoms with E-state index in [2.05, 4.69) is 11.1 Å². The Bertz CT molecular complexity index is 1130. The molecule has 3 aromatic rings. The number of fused-ring (bicyclic) bond motifs is 4. The van der Waals surface area contributed by atoms with E-state index in [1.54, 1.807) is 23.1 Å². The molecule has 2 aliphatic rings. The zero-order valence-corrected chi connectivity index (χ0v) is 16.0. The number of hydrogen-bond acceptors (Lipinski definition) is 3. The van der Waals surface area contributed by atoms with Crippen LogP contribution in [-0.4, -0.2) is 35.0 Å². The Morgan fingerprint density at radius 1 is 1.07 bits per heavy atom. The number of hydrogen-bond donors (Lipinski definition) is 1. The lowest BCUT2D eigenvalue weighted by atomic mass is 9.85. The summed E-state index contributed by atoms with van der Waals surface area (Å²) in [6, 6.07) is 14.4. The molecule has 1 unspecified atom stereocenters. The third kappa shape index (κ3) is 2.03.